The summed E-state index contributed by atoms with van der Waals surface area (Å²) in [6.45, 7) is 3.39. The Hall–Kier alpha value is -5.14. The topological polar surface area (TPSA) is 134 Å². The summed E-state index contributed by atoms with van der Waals surface area (Å²) in [5.74, 6) is -0.149. The average molecular weight is 683 g/mol. The van der Waals surface area contributed by atoms with Crippen molar-refractivity contribution >= 4 is 29.2 Å². The minimum absolute atomic E-state index is 0.0293. The second kappa shape index (κ2) is 14.8. The van der Waals surface area contributed by atoms with Crippen molar-refractivity contribution in [1.29, 1.82) is 0 Å². The lowest BCUT2D eigenvalue weighted by atomic mass is 9.91. The van der Waals surface area contributed by atoms with Crippen molar-refractivity contribution in [3.8, 4) is 16.9 Å². The molecule has 7 rings (SSSR count). The van der Waals surface area contributed by atoms with Crippen molar-refractivity contribution in [2.24, 2.45) is 4.99 Å². The Bertz CT molecular complexity index is 1860. The average Bonchev–Trinajstić information content (AvgIpc) is 3.51. The van der Waals surface area contributed by atoms with Crippen LogP contribution in [-0.2, 0) is 11.3 Å². The summed E-state index contributed by atoms with van der Waals surface area (Å²) in [5.41, 5.74) is 3.39. The normalized spacial score (nSPS) is 22.0. The maximum Gasteiger partial charge on any atom is 0.255 e. The number of anilines is 2. The Morgan fingerprint density at radius 1 is 1.04 bits per heavy atom. The van der Waals surface area contributed by atoms with Gasteiger partial charge in [0, 0.05) is 56.7 Å². The molecule has 3 aliphatic heterocycles. The second-order valence-corrected chi connectivity index (χ2v) is 13.2. The number of fused-ring (bicyclic) bond motifs is 1. The molecule has 1 atom stereocenters. The van der Waals surface area contributed by atoms with Crippen molar-refractivity contribution in [3.63, 3.8) is 0 Å². The number of aromatic hydroxyl groups is 1. The Morgan fingerprint density at radius 2 is 1.88 bits per heavy atom. The zero-order valence-corrected chi connectivity index (χ0v) is 27.5. The molecule has 1 saturated heterocycles. The number of phenolic OH excluding ortho intramolecular Hbond substituents is 1. The third-order valence-electron chi connectivity index (χ3n) is 9.53. The van der Waals surface area contributed by atoms with Gasteiger partial charge in [-0.3, -0.25) is 19.5 Å². The van der Waals surface area contributed by atoms with Gasteiger partial charge >= 0.3 is 0 Å². The smallest absolute Gasteiger partial charge is 0.255 e. The molecular weight excluding hydrogens is 642 g/mol. The number of carbonyl (C=O) groups is 2. The zero-order valence-electron chi connectivity index (χ0n) is 27.5. The van der Waals surface area contributed by atoms with E-state index in [2.05, 4.69) is 31.2 Å². The van der Waals surface area contributed by atoms with Gasteiger partial charge < -0.3 is 31.3 Å². The number of amides is 2. The van der Waals surface area contributed by atoms with Gasteiger partial charge in [0.2, 0.25) is 5.91 Å². The Kier molecular flexibility index (Phi) is 9.85. The minimum Gasteiger partial charge on any atom is -0.508 e. The van der Waals surface area contributed by atoms with Gasteiger partial charge in [0.05, 0.1) is 24.3 Å². The molecule has 4 heterocycles. The molecule has 13 heteroatoms. The number of benzene rings is 2. The highest BCUT2D eigenvalue weighted by molar-refractivity contribution is 5.99. The van der Waals surface area contributed by atoms with E-state index in [0.29, 0.717) is 38.4 Å². The lowest BCUT2D eigenvalue weighted by molar-refractivity contribution is -0.124. The van der Waals surface area contributed by atoms with E-state index in [1.54, 1.807) is 18.2 Å². The second-order valence-electron chi connectivity index (χ2n) is 13.2. The summed E-state index contributed by atoms with van der Waals surface area (Å²) < 4.78 is 28.0. The van der Waals surface area contributed by atoms with Crippen molar-refractivity contribution < 1.29 is 23.5 Å². The fraction of sp³-hybridized carbons (Fsp3) is 0.351. The summed E-state index contributed by atoms with van der Waals surface area (Å²) in [6.07, 6.45) is 8.97. The number of rotatable bonds is 10. The first-order valence-electron chi connectivity index (χ1n) is 17.0. The van der Waals surface area contributed by atoms with Crippen molar-refractivity contribution in [1.82, 2.24) is 30.7 Å². The quantitative estimate of drug-likeness (QED) is 0.213. The van der Waals surface area contributed by atoms with Crippen LogP contribution in [0.4, 0.5) is 20.3 Å². The number of pyridine rings is 1. The number of aromatic nitrogens is 1. The van der Waals surface area contributed by atoms with E-state index in [0.717, 1.165) is 54.4 Å². The fourth-order valence-electron chi connectivity index (χ4n) is 7.02. The minimum atomic E-state index is -0.608. The summed E-state index contributed by atoms with van der Waals surface area (Å²) in [5, 5.41) is 23.0. The van der Waals surface area contributed by atoms with Crippen LogP contribution in [0.15, 0.2) is 83.9 Å². The lowest BCUT2D eigenvalue weighted by Gasteiger charge is -2.30. The van der Waals surface area contributed by atoms with Crippen LogP contribution in [0.3, 0.4) is 0 Å². The van der Waals surface area contributed by atoms with Gasteiger partial charge in [0.25, 0.3) is 5.91 Å². The van der Waals surface area contributed by atoms with Crippen LogP contribution in [-0.4, -0.2) is 88.4 Å². The fourth-order valence-corrected chi connectivity index (χ4v) is 7.02. The molecule has 1 unspecified atom stereocenters. The lowest BCUT2D eigenvalue weighted by Crippen LogP contribution is -2.47. The first-order chi connectivity index (χ1) is 24.3. The number of phenols is 1. The standard InChI is InChI=1S/C37H40F2N8O3/c38-25-4-11-34-43-30(21-47(34)20-25)18-41-27-5-7-28(8-6-27)45-37(50)33-16-26(39)17-42-36(33)44-29-3-1-2-23(14-29)32-10-9-31(48)15-24(32)19-46-13-12-40-35(49)22-46/h1-4,9-11,14-17,20,27-28,30,41,48H,5-8,12-13,18-19,21-22H2,(H,40,49)(H,42,44)(H,45,50)/t27-,28+,30?. The molecule has 5 N–H and O–H groups in total. The number of aliphatic imine (C=N–C) groups is 1. The Balaban J connectivity index is 0.969. The highest BCUT2D eigenvalue weighted by Crippen LogP contribution is 2.31. The van der Waals surface area contributed by atoms with Gasteiger partial charge in [-0.1, -0.05) is 18.2 Å². The van der Waals surface area contributed by atoms with Gasteiger partial charge in [-0.25, -0.2) is 13.8 Å². The number of nitrogens with one attached hydrogen (secondary N) is 4. The molecule has 1 aliphatic carbocycles. The maximum atomic E-state index is 14.4. The number of carbonyl (C=O) groups excluding carboxylic acids is 2. The van der Waals surface area contributed by atoms with Gasteiger partial charge in [0.1, 0.15) is 29.0 Å². The molecule has 2 amide bonds. The predicted molar refractivity (Wildman–Crippen MR) is 187 cm³/mol. The van der Waals surface area contributed by atoms with Gasteiger partial charge in [0.15, 0.2) is 0 Å². The van der Waals surface area contributed by atoms with E-state index >= 15 is 0 Å². The number of halogens is 2. The van der Waals surface area contributed by atoms with Gasteiger partial charge in [-0.2, -0.15) is 0 Å². The summed E-state index contributed by atoms with van der Waals surface area (Å²) in [6, 6.07) is 14.2. The molecule has 1 saturated carbocycles. The first kappa shape index (κ1) is 33.4. The monoisotopic (exact) mass is 682 g/mol. The molecular formula is C37H40F2N8O3. The van der Waals surface area contributed by atoms with E-state index in [1.807, 2.05) is 40.1 Å². The molecule has 2 fully saturated rings. The molecule has 50 heavy (non-hydrogen) atoms. The Labute approximate surface area is 289 Å². The molecule has 4 aliphatic rings. The predicted octanol–water partition coefficient (Wildman–Crippen LogP) is 4.36. The molecule has 11 nitrogen and oxygen atoms in total. The molecule has 2 aromatic carbocycles. The first-order valence-corrected chi connectivity index (χ1v) is 17.0. The van der Waals surface area contributed by atoms with Crippen LogP contribution in [0, 0.1) is 5.82 Å². The van der Waals surface area contributed by atoms with Crippen LogP contribution in [0.25, 0.3) is 11.1 Å². The molecule has 0 spiro atoms. The molecule has 260 valence electrons. The van der Waals surface area contributed by atoms with Crippen LogP contribution in [0.5, 0.6) is 5.75 Å². The van der Waals surface area contributed by atoms with Crippen LogP contribution < -0.4 is 21.3 Å². The van der Waals surface area contributed by atoms with Crippen molar-refractivity contribution in [2.75, 3.05) is 38.0 Å². The molecule has 1 aromatic heterocycles. The van der Waals surface area contributed by atoms with E-state index < -0.39 is 11.7 Å². The summed E-state index contributed by atoms with van der Waals surface area (Å²) in [4.78, 5) is 38.2. The highest BCUT2D eigenvalue weighted by Gasteiger charge is 2.28. The van der Waals surface area contributed by atoms with E-state index in [9.17, 15) is 23.5 Å². The van der Waals surface area contributed by atoms with E-state index in [4.69, 9.17) is 0 Å². The third-order valence-corrected chi connectivity index (χ3v) is 9.53. The number of allylic oxidation sites excluding steroid dienone is 2. The summed E-state index contributed by atoms with van der Waals surface area (Å²) in [7, 11) is 0. The van der Waals surface area contributed by atoms with Crippen molar-refractivity contribution in [3.05, 3.63) is 95.9 Å². The molecule has 0 bridgehead atoms. The zero-order chi connectivity index (χ0) is 34.6. The molecule has 0 radical (unpaired) electrons. The number of nitrogens with zero attached hydrogens (tertiary/aromatic N) is 4. The number of piperazine rings is 1. The van der Waals surface area contributed by atoms with Gasteiger partial charge in [-0.15, -0.1) is 0 Å². The third kappa shape index (κ3) is 8.01. The number of amidine groups is 1. The molecule has 3 aromatic rings. The number of hydrogen-bond donors (Lipinski definition) is 5. The van der Waals surface area contributed by atoms with Gasteiger partial charge in [-0.05, 0) is 84.9 Å². The largest absolute Gasteiger partial charge is 0.508 e. The Morgan fingerprint density at radius 3 is 2.72 bits per heavy atom. The number of hydrogen-bond acceptors (Lipinski definition) is 9. The maximum absolute atomic E-state index is 14.4. The van der Waals surface area contributed by atoms with E-state index in [-0.39, 0.29) is 53.5 Å². The van der Waals surface area contributed by atoms with Crippen LogP contribution in [0.2, 0.25) is 0 Å². The van der Waals surface area contributed by atoms with Crippen LogP contribution >= 0.6 is 0 Å². The van der Waals surface area contributed by atoms with Crippen LogP contribution in [0.1, 0.15) is 41.6 Å². The van der Waals surface area contributed by atoms with E-state index in [1.165, 1.54) is 18.3 Å². The summed E-state index contributed by atoms with van der Waals surface area (Å²) >= 11 is 0. The van der Waals surface area contributed by atoms with Crippen molar-refractivity contribution in [2.45, 2.75) is 50.4 Å². The highest BCUT2D eigenvalue weighted by atomic mass is 19.1. The SMILES string of the molecule is O=C1CN(Cc2cc(O)ccc2-c2cccc(Nc3ncc(F)cc3C(=O)N[C@H]3CC[C@@H](NCC4CN5C=C(F)C=CC5=N4)CC3)c2)CCN1.